The van der Waals surface area contributed by atoms with Gasteiger partial charge in [-0.3, -0.25) is 0 Å². The zero-order chi connectivity index (χ0) is 13.9. The Kier molecular flexibility index (Phi) is 3.58. The third kappa shape index (κ3) is 2.13. The van der Waals surface area contributed by atoms with E-state index in [-0.39, 0.29) is 0 Å². The van der Waals surface area contributed by atoms with Crippen LogP contribution in [0.5, 0.6) is 0 Å². The fraction of sp³-hybridized carbons (Fsp3) is 0.353. The number of nitriles is 1. The van der Waals surface area contributed by atoms with Crippen molar-refractivity contribution in [2.24, 2.45) is 0 Å². The van der Waals surface area contributed by atoms with E-state index in [4.69, 9.17) is 0 Å². The fourth-order valence-electron chi connectivity index (χ4n) is 2.87. The number of nitrogens with one attached hydrogen (secondary N) is 1. The summed E-state index contributed by atoms with van der Waals surface area (Å²) in [5, 5.41) is 14.9. The maximum absolute atomic E-state index is 9.26. The van der Waals surface area contributed by atoms with Crippen molar-refractivity contribution in [3.63, 3.8) is 0 Å². The molecule has 0 radical (unpaired) electrons. The molecule has 0 aliphatic carbocycles. The SMILES string of the molecule is CCCN(c1ccc(C#N)c2ccccc12)C1CNC1. The number of hydrogen-bond acceptors (Lipinski definition) is 3. The molecule has 20 heavy (non-hydrogen) atoms. The Labute approximate surface area is 119 Å². The largest absolute Gasteiger partial charge is 0.365 e. The molecule has 0 unspecified atom stereocenters. The smallest absolute Gasteiger partial charge is 0.0998 e. The number of benzene rings is 2. The second kappa shape index (κ2) is 5.52. The highest BCUT2D eigenvalue weighted by molar-refractivity contribution is 5.98. The second-order valence-electron chi connectivity index (χ2n) is 5.30. The van der Waals surface area contributed by atoms with E-state index < -0.39 is 0 Å². The molecule has 0 bridgehead atoms. The molecule has 0 spiro atoms. The Morgan fingerprint density at radius 1 is 1.20 bits per heavy atom. The molecule has 2 aromatic carbocycles. The van der Waals surface area contributed by atoms with Gasteiger partial charge in [0.05, 0.1) is 17.7 Å². The van der Waals surface area contributed by atoms with E-state index in [2.05, 4.69) is 41.4 Å². The van der Waals surface area contributed by atoms with Crippen molar-refractivity contribution < 1.29 is 0 Å². The highest BCUT2D eigenvalue weighted by Gasteiger charge is 2.25. The van der Waals surface area contributed by atoms with Gasteiger partial charge in [0.1, 0.15) is 0 Å². The normalized spacial score (nSPS) is 14.8. The molecular formula is C17H19N3. The average Bonchev–Trinajstić information content (AvgIpc) is 2.44. The van der Waals surface area contributed by atoms with Crippen LogP contribution in [0.1, 0.15) is 18.9 Å². The summed E-state index contributed by atoms with van der Waals surface area (Å²) in [4.78, 5) is 2.49. The zero-order valence-electron chi connectivity index (χ0n) is 11.8. The highest BCUT2D eigenvalue weighted by atomic mass is 15.2. The summed E-state index contributed by atoms with van der Waals surface area (Å²) < 4.78 is 0. The number of hydrogen-bond donors (Lipinski definition) is 1. The fourth-order valence-corrected chi connectivity index (χ4v) is 2.87. The van der Waals surface area contributed by atoms with E-state index in [9.17, 15) is 5.26 Å². The quantitative estimate of drug-likeness (QED) is 0.924. The van der Waals surface area contributed by atoms with Crippen molar-refractivity contribution in [3.8, 4) is 6.07 Å². The Hall–Kier alpha value is -2.05. The Balaban J connectivity index is 2.12. The van der Waals surface area contributed by atoms with Crippen LogP contribution in [-0.4, -0.2) is 25.7 Å². The standard InChI is InChI=1S/C17H19N3/c1-2-9-20(14-11-19-12-14)17-8-7-13(10-18)15-5-3-4-6-16(15)17/h3-8,14,19H,2,9,11-12H2,1H3. The molecule has 0 saturated carbocycles. The molecule has 0 atom stereocenters. The summed E-state index contributed by atoms with van der Waals surface area (Å²) in [6, 6.07) is 15.1. The molecule has 3 rings (SSSR count). The van der Waals surface area contributed by atoms with Crippen LogP contribution in [0.15, 0.2) is 36.4 Å². The minimum absolute atomic E-state index is 0.575. The lowest BCUT2D eigenvalue weighted by molar-refractivity contribution is 0.413. The first-order valence-corrected chi connectivity index (χ1v) is 7.24. The Morgan fingerprint density at radius 3 is 2.55 bits per heavy atom. The number of nitrogens with zero attached hydrogens (tertiary/aromatic N) is 2. The minimum Gasteiger partial charge on any atom is -0.365 e. The predicted octanol–water partition coefficient (Wildman–Crippen LogP) is 2.90. The Morgan fingerprint density at radius 2 is 1.95 bits per heavy atom. The first-order chi connectivity index (χ1) is 9.85. The molecule has 3 nitrogen and oxygen atoms in total. The highest BCUT2D eigenvalue weighted by Crippen LogP contribution is 2.31. The van der Waals surface area contributed by atoms with Gasteiger partial charge in [-0.25, -0.2) is 0 Å². The zero-order valence-corrected chi connectivity index (χ0v) is 11.8. The van der Waals surface area contributed by atoms with E-state index in [1.54, 1.807) is 0 Å². The molecule has 0 amide bonds. The van der Waals surface area contributed by atoms with Gasteiger partial charge in [-0.15, -0.1) is 0 Å². The van der Waals surface area contributed by atoms with Gasteiger partial charge in [0, 0.05) is 36.1 Å². The molecular weight excluding hydrogens is 246 g/mol. The van der Waals surface area contributed by atoms with Crippen LogP contribution in [0.25, 0.3) is 10.8 Å². The topological polar surface area (TPSA) is 39.1 Å². The van der Waals surface area contributed by atoms with Crippen LogP contribution in [0.4, 0.5) is 5.69 Å². The van der Waals surface area contributed by atoms with E-state index >= 15 is 0 Å². The second-order valence-corrected chi connectivity index (χ2v) is 5.30. The lowest BCUT2D eigenvalue weighted by Gasteiger charge is -2.40. The van der Waals surface area contributed by atoms with Gasteiger partial charge in [-0.05, 0) is 18.6 Å². The third-order valence-corrected chi connectivity index (χ3v) is 4.00. The summed E-state index contributed by atoms with van der Waals surface area (Å²) in [6.07, 6.45) is 1.13. The molecule has 3 heteroatoms. The van der Waals surface area contributed by atoms with E-state index in [0.717, 1.165) is 37.0 Å². The van der Waals surface area contributed by atoms with Crippen LogP contribution in [-0.2, 0) is 0 Å². The van der Waals surface area contributed by atoms with Crippen molar-refractivity contribution in [1.29, 1.82) is 5.26 Å². The van der Waals surface area contributed by atoms with Crippen molar-refractivity contribution in [2.75, 3.05) is 24.5 Å². The number of fused-ring (bicyclic) bond motifs is 1. The van der Waals surface area contributed by atoms with E-state index in [1.165, 1.54) is 11.1 Å². The summed E-state index contributed by atoms with van der Waals surface area (Å²) in [6.45, 7) is 5.37. The average molecular weight is 265 g/mol. The predicted molar refractivity (Wildman–Crippen MR) is 83.0 cm³/mol. The van der Waals surface area contributed by atoms with Crippen molar-refractivity contribution in [3.05, 3.63) is 42.0 Å². The lowest BCUT2D eigenvalue weighted by atomic mass is 10.0. The molecule has 1 heterocycles. The monoisotopic (exact) mass is 265 g/mol. The molecule has 1 aliphatic rings. The number of rotatable bonds is 4. The van der Waals surface area contributed by atoms with Gasteiger partial charge in [-0.2, -0.15) is 5.26 Å². The van der Waals surface area contributed by atoms with Crippen molar-refractivity contribution >= 4 is 16.5 Å². The van der Waals surface area contributed by atoms with Crippen LogP contribution in [0.2, 0.25) is 0 Å². The maximum atomic E-state index is 9.26. The van der Waals surface area contributed by atoms with Crippen LogP contribution in [0, 0.1) is 11.3 Å². The molecule has 1 fully saturated rings. The van der Waals surface area contributed by atoms with Crippen molar-refractivity contribution in [2.45, 2.75) is 19.4 Å². The van der Waals surface area contributed by atoms with Crippen LogP contribution >= 0.6 is 0 Å². The van der Waals surface area contributed by atoms with Gasteiger partial charge in [0.15, 0.2) is 0 Å². The molecule has 1 aliphatic heterocycles. The van der Waals surface area contributed by atoms with Gasteiger partial charge in [-0.1, -0.05) is 31.2 Å². The van der Waals surface area contributed by atoms with Gasteiger partial charge in [0.25, 0.3) is 0 Å². The summed E-state index contributed by atoms with van der Waals surface area (Å²) >= 11 is 0. The van der Waals surface area contributed by atoms with Gasteiger partial charge < -0.3 is 10.2 Å². The van der Waals surface area contributed by atoms with Gasteiger partial charge >= 0.3 is 0 Å². The molecule has 2 aromatic rings. The Bertz CT molecular complexity index is 653. The summed E-state index contributed by atoms with van der Waals surface area (Å²) in [5.41, 5.74) is 2.01. The minimum atomic E-state index is 0.575. The van der Waals surface area contributed by atoms with Crippen LogP contribution < -0.4 is 10.2 Å². The van der Waals surface area contributed by atoms with E-state index in [1.807, 2.05) is 18.2 Å². The molecule has 102 valence electrons. The lowest BCUT2D eigenvalue weighted by Crippen LogP contribution is -2.57. The first-order valence-electron chi connectivity index (χ1n) is 7.24. The summed E-state index contributed by atoms with van der Waals surface area (Å²) in [7, 11) is 0. The van der Waals surface area contributed by atoms with Crippen LogP contribution in [0.3, 0.4) is 0 Å². The van der Waals surface area contributed by atoms with Crippen molar-refractivity contribution in [1.82, 2.24) is 5.32 Å². The molecule has 1 N–H and O–H groups in total. The first kappa shape index (κ1) is 13.0. The third-order valence-electron chi connectivity index (χ3n) is 4.00. The van der Waals surface area contributed by atoms with E-state index in [0.29, 0.717) is 6.04 Å². The maximum Gasteiger partial charge on any atom is 0.0998 e. The molecule has 1 saturated heterocycles. The van der Waals surface area contributed by atoms with Gasteiger partial charge in [0.2, 0.25) is 0 Å². The number of anilines is 1. The molecule has 0 aromatic heterocycles. The summed E-state index contributed by atoms with van der Waals surface area (Å²) in [5.74, 6) is 0.